The maximum Gasteiger partial charge on any atom is 0.286 e. The van der Waals surface area contributed by atoms with E-state index in [0.717, 1.165) is 12.8 Å². The number of pyridine rings is 1. The molecule has 1 aromatic heterocycles. The van der Waals surface area contributed by atoms with Crippen molar-refractivity contribution in [2.75, 3.05) is 11.9 Å². The highest BCUT2D eigenvalue weighted by atomic mass is 19.1. The van der Waals surface area contributed by atoms with Gasteiger partial charge in [0.05, 0.1) is 6.54 Å². The number of amides is 2. The number of halogens is 1. The van der Waals surface area contributed by atoms with Gasteiger partial charge in [0.1, 0.15) is 5.82 Å². The molecule has 0 saturated heterocycles. The molecule has 0 bridgehead atoms. The van der Waals surface area contributed by atoms with Gasteiger partial charge in [0.2, 0.25) is 12.5 Å². The highest BCUT2D eigenvalue weighted by Crippen LogP contribution is 2.18. The number of aromatic nitrogens is 1. The molecule has 0 spiro atoms. The lowest BCUT2D eigenvalue weighted by Crippen LogP contribution is -2.44. The lowest BCUT2D eigenvalue weighted by atomic mass is 9.93. The number of hydrogen-bond donors (Lipinski definition) is 2. The van der Waals surface area contributed by atoms with Gasteiger partial charge in [-0.25, -0.2) is 4.39 Å². The van der Waals surface area contributed by atoms with Gasteiger partial charge in [0.15, 0.2) is 12.4 Å². The molecule has 2 aromatic rings. The van der Waals surface area contributed by atoms with Crippen LogP contribution in [0, 0.1) is 5.82 Å². The summed E-state index contributed by atoms with van der Waals surface area (Å²) in [6, 6.07) is 7.54. The van der Waals surface area contributed by atoms with Crippen molar-refractivity contribution in [3.05, 3.63) is 59.7 Å². The van der Waals surface area contributed by atoms with E-state index in [4.69, 9.17) is 0 Å². The minimum Gasteiger partial charge on any atom is -0.342 e. The molecule has 6 heteroatoms. The fourth-order valence-corrected chi connectivity index (χ4v) is 2.96. The van der Waals surface area contributed by atoms with E-state index in [2.05, 4.69) is 16.7 Å². The number of nitrogens with one attached hydrogen (secondary N) is 2. The zero-order valence-electron chi connectivity index (χ0n) is 13.9. The lowest BCUT2D eigenvalue weighted by Gasteiger charge is -2.13. The average molecular weight is 342 g/mol. The van der Waals surface area contributed by atoms with Crippen molar-refractivity contribution in [1.29, 1.82) is 0 Å². The molecule has 0 aliphatic heterocycles. The van der Waals surface area contributed by atoms with Gasteiger partial charge >= 0.3 is 0 Å². The van der Waals surface area contributed by atoms with Crippen LogP contribution in [0.5, 0.6) is 0 Å². The third kappa shape index (κ3) is 4.86. The molecular weight excluding hydrogens is 321 g/mol. The highest BCUT2D eigenvalue weighted by Gasteiger charge is 2.16. The largest absolute Gasteiger partial charge is 0.342 e. The Balaban J connectivity index is 1.47. The lowest BCUT2D eigenvalue weighted by molar-refractivity contribution is -0.685. The second kappa shape index (κ2) is 7.88. The van der Waals surface area contributed by atoms with Crippen LogP contribution in [0.1, 0.15) is 24.0 Å². The highest BCUT2D eigenvalue weighted by molar-refractivity contribution is 5.94. The topological polar surface area (TPSA) is 62.1 Å². The van der Waals surface area contributed by atoms with E-state index in [9.17, 15) is 14.0 Å². The van der Waals surface area contributed by atoms with E-state index in [0.29, 0.717) is 5.69 Å². The van der Waals surface area contributed by atoms with Crippen molar-refractivity contribution in [1.82, 2.24) is 5.32 Å². The molecule has 5 nitrogen and oxygen atoms in total. The molecule has 1 aromatic carbocycles. The number of rotatable bonds is 5. The number of nitrogens with zero attached hydrogens (tertiary/aromatic N) is 1. The predicted molar refractivity (Wildman–Crippen MR) is 91.3 cm³/mol. The fourth-order valence-electron chi connectivity index (χ4n) is 2.96. The molecule has 130 valence electrons. The second-order valence-electron chi connectivity index (χ2n) is 6.21. The number of hydrogen-bond acceptors (Lipinski definition) is 2. The number of anilines is 1. The molecule has 1 aliphatic rings. The smallest absolute Gasteiger partial charge is 0.286 e. The van der Waals surface area contributed by atoms with Crippen molar-refractivity contribution in [3.63, 3.8) is 0 Å². The quantitative estimate of drug-likeness (QED) is 0.813. The molecule has 0 unspecified atom stereocenters. The minimum atomic E-state index is -0.367. The van der Waals surface area contributed by atoms with Crippen molar-refractivity contribution in [2.24, 2.45) is 0 Å². The van der Waals surface area contributed by atoms with Crippen LogP contribution < -0.4 is 15.2 Å². The maximum absolute atomic E-state index is 12.8. The first-order valence-corrected chi connectivity index (χ1v) is 8.43. The first-order chi connectivity index (χ1) is 12.1. The molecule has 3 rings (SSSR count). The SMILES string of the molecule is O=C(C[n+]1ccc2c(c1)CCCC2)NCC(=O)Nc1ccc(F)cc1. The Morgan fingerprint density at radius 2 is 1.72 bits per heavy atom. The molecular formula is C19H21FN3O2+. The monoisotopic (exact) mass is 342 g/mol. The number of fused-ring (bicyclic) bond motifs is 1. The molecule has 1 heterocycles. The van der Waals surface area contributed by atoms with Crippen LogP contribution >= 0.6 is 0 Å². The van der Waals surface area contributed by atoms with Crippen LogP contribution in [0.3, 0.4) is 0 Å². The summed E-state index contributed by atoms with van der Waals surface area (Å²) < 4.78 is 14.7. The minimum absolute atomic E-state index is 0.123. The van der Waals surface area contributed by atoms with Gasteiger partial charge in [0.25, 0.3) is 5.91 Å². The molecule has 2 N–H and O–H groups in total. The zero-order chi connectivity index (χ0) is 17.6. The number of aryl methyl sites for hydroxylation is 2. The summed E-state index contributed by atoms with van der Waals surface area (Å²) in [7, 11) is 0. The molecule has 2 amide bonds. The van der Waals surface area contributed by atoms with E-state index in [-0.39, 0.29) is 30.7 Å². The summed E-state index contributed by atoms with van der Waals surface area (Å²) in [4.78, 5) is 23.8. The summed E-state index contributed by atoms with van der Waals surface area (Å²) >= 11 is 0. The molecule has 0 saturated carbocycles. The normalized spacial score (nSPS) is 13.0. The van der Waals surface area contributed by atoms with Crippen LogP contribution in [0.25, 0.3) is 0 Å². The zero-order valence-corrected chi connectivity index (χ0v) is 13.9. The standard InChI is InChI=1S/C19H20FN3O2/c20-16-5-7-17(8-6-16)22-18(24)11-21-19(25)13-23-10-9-14-3-1-2-4-15(14)12-23/h5-10,12H,1-4,11,13H2,(H-,21,22,24,25)/p+1. The number of carbonyl (C=O) groups excluding carboxylic acids is 2. The summed E-state index contributed by atoms with van der Waals surface area (Å²) in [6.07, 6.45) is 8.49. The summed E-state index contributed by atoms with van der Waals surface area (Å²) in [5.74, 6) is -0.946. The van der Waals surface area contributed by atoms with E-state index < -0.39 is 0 Å². The van der Waals surface area contributed by atoms with Crippen molar-refractivity contribution in [3.8, 4) is 0 Å². The van der Waals surface area contributed by atoms with Crippen molar-refractivity contribution < 1.29 is 18.5 Å². The Bertz CT molecular complexity index is 775. The molecule has 25 heavy (non-hydrogen) atoms. The Hall–Kier alpha value is -2.76. The van der Waals surface area contributed by atoms with E-state index in [1.807, 2.05) is 17.0 Å². The van der Waals surface area contributed by atoms with E-state index in [1.165, 1.54) is 48.2 Å². The van der Waals surface area contributed by atoms with Gasteiger partial charge in [-0.1, -0.05) is 0 Å². The summed E-state index contributed by atoms with van der Waals surface area (Å²) in [6.45, 7) is 0.0544. The predicted octanol–water partition coefficient (Wildman–Crippen LogP) is 1.75. The molecule has 0 fully saturated rings. The van der Waals surface area contributed by atoms with Crippen LogP contribution in [0.2, 0.25) is 0 Å². The Morgan fingerprint density at radius 1 is 1.00 bits per heavy atom. The molecule has 0 radical (unpaired) electrons. The third-order valence-corrected chi connectivity index (χ3v) is 4.24. The Morgan fingerprint density at radius 3 is 2.48 bits per heavy atom. The molecule has 0 atom stereocenters. The average Bonchev–Trinajstić information content (AvgIpc) is 2.62. The van der Waals surface area contributed by atoms with Gasteiger partial charge in [-0.15, -0.1) is 0 Å². The summed E-state index contributed by atoms with van der Waals surface area (Å²) in [5.41, 5.74) is 3.15. The van der Waals surface area contributed by atoms with Gasteiger partial charge in [-0.3, -0.25) is 9.59 Å². The maximum atomic E-state index is 12.8. The Labute approximate surface area is 145 Å². The van der Waals surface area contributed by atoms with Crippen molar-refractivity contribution >= 4 is 17.5 Å². The number of carbonyl (C=O) groups is 2. The van der Waals surface area contributed by atoms with Crippen LogP contribution in [0.4, 0.5) is 10.1 Å². The fraction of sp³-hybridized carbons (Fsp3) is 0.316. The van der Waals surface area contributed by atoms with Gasteiger partial charge in [0, 0.05) is 17.3 Å². The third-order valence-electron chi connectivity index (χ3n) is 4.24. The van der Waals surface area contributed by atoms with Gasteiger partial charge < -0.3 is 10.6 Å². The second-order valence-corrected chi connectivity index (χ2v) is 6.21. The van der Waals surface area contributed by atoms with E-state index in [1.54, 1.807) is 0 Å². The molecule has 1 aliphatic carbocycles. The van der Waals surface area contributed by atoms with Crippen LogP contribution in [-0.2, 0) is 29.0 Å². The first-order valence-electron chi connectivity index (χ1n) is 8.43. The summed E-state index contributed by atoms with van der Waals surface area (Å²) in [5, 5.41) is 5.20. The Kier molecular flexibility index (Phi) is 5.38. The van der Waals surface area contributed by atoms with Crippen LogP contribution in [-0.4, -0.2) is 18.4 Å². The van der Waals surface area contributed by atoms with Crippen molar-refractivity contribution in [2.45, 2.75) is 32.2 Å². The van der Waals surface area contributed by atoms with Crippen LogP contribution in [0.15, 0.2) is 42.7 Å². The number of benzene rings is 1. The van der Waals surface area contributed by atoms with Gasteiger partial charge in [-0.2, -0.15) is 4.57 Å². The first kappa shape index (κ1) is 17.1. The van der Waals surface area contributed by atoms with Gasteiger partial charge in [-0.05, 0) is 55.5 Å². The van der Waals surface area contributed by atoms with E-state index >= 15 is 0 Å².